The van der Waals surface area contributed by atoms with Crippen LogP contribution in [0, 0.1) is 18.8 Å². The number of carbonyl (C=O) groups is 4. The van der Waals surface area contributed by atoms with Crippen molar-refractivity contribution in [3.05, 3.63) is 90.0 Å². The van der Waals surface area contributed by atoms with E-state index in [4.69, 9.17) is 21.1 Å². The number of aryl methyl sites for hydroxylation is 1. The summed E-state index contributed by atoms with van der Waals surface area (Å²) in [6, 6.07) is 12.6. The Bertz CT molecular complexity index is 1520. The van der Waals surface area contributed by atoms with Crippen LogP contribution in [0.1, 0.15) is 36.4 Å². The molecule has 3 heterocycles. The molecule has 3 aliphatic heterocycles. The van der Waals surface area contributed by atoms with Crippen LogP contribution in [-0.2, 0) is 28.7 Å². The fourth-order valence-corrected chi connectivity index (χ4v) is 8.50. The molecule has 1 unspecified atom stereocenters. The average molecular weight is 729 g/mol. The number of likely N-dealkylation sites (tertiary alicyclic amines) is 1. The number of carbonyl (C=O) groups excluding carboxylic acids is 4. The van der Waals surface area contributed by atoms with Gasteiger partial charge in [-0.2, -0.15) is 0 Å². The van der Waals surface area contributed by atoms with Crippen molar-refractivity contribution in [2.45, 2.75) is 54.8 Å². The Morgan fingerprint density at radius 1 is 1.21 bits per heavy atom. The summed E-state index contributed by atoms with van der Waals surface area (Å²) in [6.07, 6.45) is 3.41. The van der Waals surface area contributed by atoms with Crippen molar-refractivity contribution >= 4 is 56.9 Å². The number of nitrogens with zero attached hydrogens (tertiary/aromatic N) is 2. The van der Waals surface area contributed by atoms with Crippen LogP contribution < -0.4 is 10.2 Å². The van der Waals surface area contributed by atoms with Crippen molar-refractivity contribution in [2.75, 3.05) is 31.2 Å². The Morgan fingerprint density at radius 3 is 2.62 bits per heavy atom. The van der Waals surface area contributed by atoms with E-state index in [9.17, 15) is 24.3 Å². The summed E-state index contributed by atoms with van der Waals surface area (Å²) >= 11 is 10.3. The number of aliphatic hydroxyl groups is 1. The highest BCUT2D eigenvalue weighted by molar-refractivity contribution is 9.09. The summed E-state index contributed by atoms with van der Waals surface area (Å²) in [4.78, 5) is 58.0. The SMILES string of the molecule is C=CCCC(=O)OC[C@H](NC(=O)[C@@H]1[C@H]2O[C@@]3(CC2Br)[C@H](C(=O)N(CC=C)c2c(C)cccc2Cl)N(CCO)C(=O)[C@@H]13)c1ccccc1. The van der Waals surface area contributed by atoms with Gasteiger partial charge in [-0.25, -0.2) is 0 Å². The van der Waals surface area contributed by atoms with E-state index in [1.807, 2.05) is 43.3 Å². The minimum absolute atomic E-state index is 0.108. The second-order valence-electron chi connectivity index (χ2n) is 12.0. The van der Waals surface area contributed by atoms with E-state index in [1.165, 1.54) is 9.80 Å². The number of benzene rings is 2. The summed E-state index contributed by atoms with van der Waals surface area (Å²) in [7, 11) is 0. The van der Waals surface area contributed by atoms with E-state index >= 15 is 0 Å². The molecule has 12 heteroatoms. The van der Waals surface area contributed by atoms with Gasteiger partial charge in [-0.15, -0.1) is 13.2 Å². The average Bonchev–Trinajstić information content (AvgIpc) is 3.65. The molecule has 3 amide bonds. The van der Waals surface area contributed by atoms with Crippen molar-refractivity contribution in [3.63, 3.8) is 0 Å². The van der Waals surface area contributed by atoms with Gasteiger partial charge < -0.3 is 29.7 Å². The number of alkyl halides is 1. The lowest BCUT2D eigenvalue weighted by atomic mass is 9.70. The Kier molecular flexibility index (Phi) is 10.9. The molecule has 3 fully saturated rings. The first kappa shape index (κ1) is 34.8. The molecule has 2 aromatic rings. The molecule has 3 saturated heterocycles. The number of nitrogens with one attached hydrogen (secondary N) is 1. The molecule has 5 rings (SSSR count). The van der Waals surface area contributed by atoms with Gasteiger partial charge in [0.15, 0.2) is 0 Å². The number of β-amino-alcohol motifs (C(OH)–C–C–N with tert-alkyl or cyclic N) is 1. The van der Waals surface area contributed by atoms with Crippen LogP contribution in [0.15, 0.2) is 73.8 Å². The Hall–Kier alpha value is -3.51. The molecular weight excluding hydrogens is 690 g/mol. The number of para-hydroxylation sites is 1. The monoisotopic (exact) mass is 727 g/mol. The third-order valence-electron chi connectivity index (χ3n) is 9.18. The molecule has 7 atom stereocenters. The smallest absolute Gasteiger partial charge is 0.306 e. The van der Waals surface area contributed by atoms with Crippen LogP contribution >= 0.6 is 27.5 Å². The number of aliphatic hydroxyl groups excluding tert-OH is 1. The molecule has 0 aliphatic carbocycles. The normalized spacial score (nSPS) is 26.4. The maximum absolute atomic E-state index is 14.7. The molecule has 10 nitrogen and oxygen atoms in total. The molecule has 0 saturated carbocycles. The van der Waals surface area contributed by atoms with E-state index in [0.29, 0.717) is 23.6 Å². The summed E-state index contributed by atoms with van der Waals surface area (Å²) in [5.74, 6) is -3.73. The molecular formula is C35H39BrClN3O7. The van der Waals surface area contributed by atoms with E-state index in [2.05, 4.69) is 34.4 Å². The lowest BCUT2D eigenvalue weighted by Gasteiger charge is -2.37. The number of ether oxygens (including phenoxy) is 2. The molecule has 0 aromatic heterocycles. The number of esters is 1. The molecule has 1 spiro atoms. The van der Waals surface area contributed by atoms with Crippen LogP contribution in [0.5, 0.6) is 0 Å². The third kappa shape index (κ3) is 6.50. The number of amides is 3. The summed E-state index contributed by atoms with van der Waals surface area (Å²) < 4.78 is 12.1. The number of allylic oxidation sites excluding steroid dienone is 1. The second kappa shape index (κ2) is 14.7. The lowest BCUT2D eigenvalue weighted by Crippen LogP contribution is -2.57. The summed E-state index contributed by atoms with van der Waals surface area (Å²) in [6.45, 7) is 8.78. The molecule has 0 radical (unpaired) electrons. The van der Waals surface area contributed by atoms with Crippen molar-refractivity contribution < 1.29 is 33.8 Å². The molecule has 2 aromatic carbocycles. The van der Waals surface area contributed by atoms with Gasteiger partial charge in [0.25, 0.3) is 5.91 Å². The molecule has 3 aliphatic rings. The van der Waals surface area contributed by atoms with Crippen molar-refractivity contribution in [2.24, 2.45) is 11.8 Å². The highest BCUT2D eigenvalue weighted by Gasteiger charge is 2.76. The molecule has 250 valence electrons. The first-order valence-corrected chi connectivity index (χ1v) is 16.9. The van der Waals surface area contributed by atoms with Gasteiger partial charge >= 0.3 is 5.97 Å². The Morgan fingerprint density at radius 2 is 1.96 bits per heavy atom. The summed E-state index contributed by atoms with van der Waals surface area (Å²) in [5, 5.41) is 13.4. The first-order chi connectivity index (χ1) is 22.6. The zero-order valence-electron chi connectivity index (χ0n) is 26.1. The van der Waals surface area contributed by atoms with Crippen molar-refractivity contribution in [3.8, 4) is 0 Å². The topological polar surface area (TPSA) is 125 Å². The maximum atomic E-state index is 14.7. The largest absolute Gasteiger partial charge is 0.463 e. The summed E-state index contributed by atoms with van der Waals surface area (Å²) in [5.41, 5.74) is 0.609. The minimum Gasteiger partial charge on any atom is -0.463 e. The van der Waals surface area contributed by atoms with E-state index in [0.717, 1.165) is 11.1 Å². The lowest BCUT2D eigenvalue weighted by molar-refractivity contribution is -0.146. The number of fused-ring (bicyclic) bond motifs is 1. The molecule has 47 heavy (non-hydrogen) atoms. The minimum atomic E-state index is -1.35. The van der Waals surface area contributed by atoms with Crippen LogP contribution in [0.4, 0.5) is 5.69 Å². The van der Waals surface area contributed by atoms with Gasteiger partial charge in [0.05, 0.1) is 41.3 Å². The van der Waals surface area contributed by atoms with Gasteiger partial charge in [0, 0.05) is 24.3 Å². The highest BCUT2D eigenvalue weighted by Crippen LogP contribution is 2.60. The molecule has 2 bridgehead atoms. The zero-order chi connectivity index (χ0) is 33.9. The van der Waals surface area contributed by atoms with Crippen LogP contribution in [0.3, 0.4) is 0 Å². The number of hydrogen-bond acceptors (Lipinski definition) is 7. The maximum Gasteiger partial charge on any atom is 0.306 e. The van der Waals surface area contributed by atoms with Crippen LogP contribution in [0.2, 0.25) is 5.02 Å². The van der Waals surface area contributed by atoms with Crippen molar-refractivity contribution in [1.82, 2.24) is 10.2 Å². The Labute approximate surface area is 287 Å². The van der Waals surface area contributed by atoms with Gasteiger partial charge in [0.2, 0.25) is 11.8 Å². The van der Waals surface area contributed by atoms with Gasteiger partial charge in [0.1, 0.15) is 18.2 Å². The highest BCUT2D eigenvalue weighted by atomic mass is 79.9. The van der Waals surface area contributed by atoms with Gasteiger partial charge in [-0.05, 0) is 37.0 Å². The van der Waals surface area contributed by atoms with Crippen LogP contribution in [0.25, 0.3) is 0 Å². The van der Waals surface area contributed by atoms with E-state index in [1.54, 1.807) is 24.3 Å². The van der Waals surface area contributed by atoms with Gasteiger partial charge in [-0.1, -0.05) is 82.1 Å². The third-order valence-corrected chi connectivity index (χ3v) is 10.3. The zero-order valence-corrected chi connectivity index (χ0v) is 28.5. The van der Waals surface area contributed by atoms with Crippen molar-refractivity contribution in [1.29, 1.82) is 0 Å². The quantitative estimate of drug-likeness (QED) is 0.169. The van der Waals surface area contributed by atoms with Gasteiger partial charge in [-0.3, -0.25) is 19.2 Å². The number of halogens is 2. The van der Waals surface area contributed by atoms with E-state index < -0.39 is 65.9 Å². The standard InChI is InChI=1S/C35H39BrClN3O7/c1-4-6-15-26(42)46-20-25(22-12-8-7-9-13-22)38-32(43)27-28-33(44)40(17-18-41)31(35(28)19-23(36)30(27)47-35)34(45)39(16-5-2)29-21(3)11-10-14-24(29)37/h4-5,7-14,23,25,27-28,30-31,41H,1-2,6,15-20H2,3H3,(H,38,43)/t23?,25-,27-,28+,30-,31-,35+/m0/s1. The number of rotatable bonds is 14. The predicted molar refractivity (Wildman–Crippen MR) is 181 cm³/mol. The number of anilines is 1. The fourth-order valence-electron chi connectivity index (χ4n) is 7.23. The van der Waals surface area contributed by atoms with Crippen LogP contribution in [-0.4, -0.2) is 82.6 Å². The second-order valence-corrected chi connectivity index (χ2v) is 13.6. The predicted octanol–water partition coefficient (Wildman–Crippen LogP) is 4.27. The first-order valence-electron chi connectivity index (χ1n) is 15.6. The van der Waals surface area contributed by atoms with E-state index in [-0.39, 0.29) is 30.9 Å². The molecule has 2 N–H and O–H groups in total. The fraction of sp³-hybridized carbons (Fsp3) is 0.429. The Balaban J connectivity index is 1.48. The number of hydrogen-bond donors (Lipinski definition) is 2.